The quantitative estimate of drug-likeness (QED) is 0.444. The highest BCUT2D eigenvalue weighted by molar-refractivity contribution is 5.89. The molecular formula is C13H14F6O2. The Bertz CT molecular complexity index is 453. The second-order valence-electron chi connectivity index (χ2n) is 5.80. The fourth-order valence-electron chi connectivity index (χ4n) is 3.47. The summed E-state index contributed by atoms with van der Waals surface area (Å²) in [5.74, 6) is -2.36. The SMILES string of the molecule is C=C(C(=O)OC1(CC(F)(F)F)CC2CCC1C2)C(F)(F)F. The average Bonchev–Trinajstić information content (AvgIpc) is 2.84. The molecule has 0 aromatic heterocycles. The zero-order valence-corrected chi connectivity index (χ0v) is 11.0. The van der Waals surface area contributed by atoms with Crippen LogP contribution in [0.2, 0.25) is 0 Å². The first-order chi connectivity index (χ1) is 9.43. The Morgan fingerprint density at radius 3 is 2.19 bits per heavy atom. The third kappa shape index (κ3) is 3.35. The fraction of sp³-hybridized carbons (Fsp3) is 0.769. The van der Waals surface area contributed by atoms with Crippen molar-refractivity contribution in [3.05, 3.63) is 12.2 Å². The fourth-order valence-corrected chi connectivity index (χ4v) is 3.47. The lowest BCUT2D eigenvalue weighted by Crippen LogP contribution is -2.45. The first-order valence-corrected chi connectivity index (χ1v) is 6.49. The van der Waals surface area contributed by atoms with E-state index in [2.05, 4.69) is 6.58 Å². The number of alkyl halides is 6. The Morgan fingerprint density at radius 1 is 1.19 bits per heavy atom. The zero-order chi connectivity index (χ0) is 16.1. The Hall–Kier alpha value is -1.21. The number of halogens is 6. The molecule has 0 aromatic carbocycles. The lowest BCUT2D eigenvalue weighted by Gasteiger charge is -2.38. The van der Waals surface area contributed by atoms with E-state index in [0.29, 0.717) is 12.8 Å². The van der Waals surface area contributed by atoms with Crippen LogP contribution in [0.1, 0.15) is 32.1 Å². The third-order valence-electron chi connectivity index (χ3n) is 4.30. The van der Waals surface area contributed by atoms with Crippen LogP contribution >= 0.6 is 0 Å². The van der Waals surface area contributed by atoms with Crippen molar-refractivity contribution in [2.24, 2.45) is 11.8 Å². The lowest BCUT2D eigenvalue weighted by atomic mass is 9.81. The van der Waals surface area contributed by atoms with Crippen LogP contribution < -0.4 is 0 Å². The van der Waals surface area contributed by atoms with Gasteiger partial charge in [-0.3, -0.25) is 0 Å². The summed E-state index contributed by atoms with van der Waals surface area (Å²) in [7, 11) is 0. The number of rotatable bonds is 3. The van der Waals surface area contributed by atoms with Crippen LogP contribution in [0.4, 0.5) is 26.3 Å². The summed E-state index contributed by atoms with van der Waals surface area (Å²) in [6.45, 7) is 2.58. The topological polar surface area (TPSA) is 26.3 Å². The Balaban J connectivity index is 2.19. The van der Waals surface area contributed by atoms with Crippen molar-refractivity contribution in [1.29, 1.82) is 0 Å². The van der Waals surface area contributed by atoms with Gasteiger partial charge in [-0.1, -0.05) is 6.58 Å². The number of ether oxygens (including phenoxy) is 1. The molecule has 0 spiro atoms. The van der Waals surface area contributed by atoms with Crippen molar-refractivity contribution < 1.29 is 35.9 Å². The first kappa shape index (κ1) is 16.2. The molecule has 0 N–H and O–H groups in total. The van der Waals surface area contributed by atoms with Crippen LogP contribution in [-0.4, -0.2) is 23.9 Å². The standard InChI is InChI=1S/C13H14F6O2/c1-7(13(17,18)19)10(20)21-11(6-12(14,15)16)5-8-2-3-9(11)4-8/h8-9H,1-6H2. The minimum absolute atomic E-state index is 0.0238. The maximum absolute atomic E-state index is 12.7. The van der Waals surface area contributed by atoms with E-state index in [4.69, 9.17) is 4.74 Å². The van der Waals surface area contributed by atoms with E-state index < -0.39 is 41.8 Å². The van der Waals surface area contributed by atoms with Gasteiger partial charge >= 0.3 is 18.3 Å². The van der Waals surface area contributed by atoms with Crippen molar-refractivity contribution in [3.63, 3.8) is 0 Å². The second-order valence-corrected chi connectivity index (χ2v) is 5.80. The molecule has 0 aromatic rings. The number of fused-ring (bicyclic) bond motifs is 2. The molecule has 2 rings (SSSR count). The van der Waals surface area contributed by atoms with Crippen LogP contribution in [0, 0.1) is 11.8 Å². The largest absolute Gasteiger partial charge is 0.455 e. The van der Waals surface area contributed by atoms with Gasteiger partial charge in [0.1, 0.15) is 11.2 Å². The molecule has 0 radical (unpaired) electrons. The van der Waals surface area contributed by atoms with Crippen LogP contribution in [0.15, 0.2) is 12.2 Å². The molecule has 2 saturated carbocycles. The van der Waals surface area contributed by atoms with Crippen LogP contribution in [0.5, 0.6) is 0 Å². The predicted octanol–water partition coefficient (Wildman–Crippen LogP) is 4.16. The van der Waals surface area contributed by atoms with Gasteiger partial charge in [0.05, 0.1) is 6.42 Å². The highest BCUT2D eigenvalue weighted by atomic mass is 19.4. The average molecular weight is 316 g/mol. The summed E-state index contributed by atoms with van der Waals surface area (Å²) >= 11 is 0. The Kier molecular flexibility index (Phi) is 3.78. The summed E-state index contributed by atoms with van der Waals surface area (Å²) in [4.78, 5) is 11.5. The Morgan fingerprint density at radius 2 is 1.81 bits per heavy atom. The van der Waals surface area contributed by atoms with E-state index in [9.17, 15) is 31.1 Å². The van der Waals surface area contributed by atoms with Crippen molar-refractivity contribution in [3.8, 4) is 0 Å². The van der Waals surface area contributed by atoms with Crippen molar-refractivity contribution in [2.45, 2.75) is 50.1 Å². The van der Waals surface area contributed by atoms with Gasteiger partial charge in [0.2, 0.25) is 0 Å². The monoisotopic (exact) mass is 316 g/mol. The summed E-state index contributed by atoms with van der Waals surface area (Å²) in [5, 5.41) is 0. The number of esters is 1. The minimum atomic E-state index is -5.01. The Labute approximate surface area is 117 Å². The molecule has 8 heteroatoms. The molecule has 0 saturated heterocycles. The van der Waals surface area contributed by atoms with Gasteiger partial charge in [0.15, 0.2) is 0 Å². The van der Waals surface area contributed by atoms with E-state index in [1.54, 1.807) is 0 Å². The molecule has 2 fully saturated rings. The zero-order valence-electron chi connectivity index (χ0n) is 11.0. The summed E-state index contributed by atoms with van der Waals surface area (Å²) in [6, 6.07) is 0. The van der Waals surface area contributed by atoms with Gasteiger partial charge in [-0.25, -0.2) is 4.79 Å². The normalized spacial score (nSPS) is 32.3. The van der Waals surface area contributed by atoms with E-state index in [1.165, 1.54) is 0 Å². The molecule has 120 valence electrons. The van der Waals surface area contributed by atoms with E-state index in [-0.39, 0.29) is 12.3 Å². The molecular weight excluding hydrogens is 302 g/mol. The number of hydrogen-bond donors (Lipinski definition) is 0. The smallest absolute Gasteiger partial charge is 0.422 e. The number of hydrogen-bond acceptors (Lipinski definition) is 2. The summed E-state index contributed by atoms with van der Waals surface area (Å²) in [6.07, 6.45) is -9.43. The van der Waals surface area contributed by atoms with Crippen molar-refractivity contribution in [2.75, 3.05) is 0 Å². The van der Waals surface area contributed by atoms with Crippen LogP contribution in [0.25, 0.3) is 0 Å². The van der Waals surface area contributed by atoms with Gasteiger partial charge in [-0.05, 0) is 37.5 Å². The van der Waals surface area contributed by atoms with Crippen molar-refractivity contribution >= 4 is 5.97 Å². The highest BCUT2D eigenvalue weighted by Crippen LogP contribution is 2.56. The third-order valence-corrected chi connectivity index (χ3v) is 4.30. The summed E-state index contributed by atoms with van der Waals surface area (Å²) in [5.41, 5.74) is -3.64. The number of carbonyl (C=O) groups excluding carboxylic acids is 1. The maximum Gasteiger partial charge on any atom is 0.422 e. The molecule has 0 amide bonds. The van der Waals surface area contributed by atoms with Gasteiger partial charge in [0, 0.05) is 0 Å². The first-order valence-electron chi connectivity index (χ1n) is 6.49. The molecule has 0 aliphatic heterocycles. The molecule has 0 heterocycles. The van der Waals surface area contributed by atoms with Gasteiger partial charge in [0.25, 0.3) is 0 Å². The molecule has 2 aliphatic carbocycles. The molecule has 2 nitrogen and oxygen atoms in total. The van der Waals surface area contributed by atoms with E-state index in [1.807, 2.05) is 0 Å². The molecule has 21 heavy (non-hydrogen) atoms. The predicted molar refractivity (Wildman–Crippen MR) is 60.1 cm³/mol. The number of carbonyl (C=O) groups is 1. The molecule has 2 aliphatic rings. The molecule has 3 unspecified atom stereocenters. The van der Waals surface area contributed by atoms with Gasteiger partial charge in [-0.15, -0.1) is 0 Å². The van der Waals surface area contributed by atoms with Crippen LogP contribution in [0.3, 0.4) is 0 Å². The maximum atomic E-state index is 12.7. The summed E-state index contributed by atoms with van der Waals surface area (Å²) < 4.78 is 80.1. The molecule has 2 bridgehead atoms. The highest BCUT2D eigenvalue weighted by Gasteiger charge is 2.58. The lowest BCUT2D eigenvalue weighted by molar-refractivity contribution is -0.206. The second kappa shape index (κ2) is 4.91. The van der Waals surface area contributed by atoms with Gasteiger partial charge in [-0.2, -0.15) is 26.3 Å². The van der Waals surface area contributed by atoms with E-state index in [0.717, 1.165) is 6.42 Å². The van der Waals surface area contributed by atoms with Crippen LogP contribution in [-0.2, 0) is 9.53 Å². The van der Waals surface area contributed by atoms with Gasteiger partial charge < -0.3 is 4.74 Å². The minimum Gasteiger partial charge on any atom is -0.455 e. The van der Waals surface area contributed by atoms with Crippen molar-refractivity contribution in [1.82, 2.24) is 0 Å². The van der Waals surface area contributed by atoms with E-state index >= 15 is 0 Å². The molecule has 3 atom stereocenters.